The summed E-state index contributed by atoms with van der Waals surface area (Å²) in [6, 6.07) is 10.7. The van der Waals surface area contributed by atoms with E-state index in [4.69, 9.17) is 4.74 Å². The van der Waals surface area contributed by atoms with Gasteiger partial charge in [-0.05, 0) is 31.7 Å². The quantitative estimate of drug-likeness (QED) is 0.919. The Morgan fingerprint density at radius 3 is 2.85 bits per heavy atom. The molecule has 2 saturated heterocycles. The van der Waals surface area contributed by atoms with Crippen molar-refractivity contribution >= 4 is 0 Å². The second-order valence-corrected chi connectivity index (χ2v) is 6.29. The molecule has 3 nitrogen and oxygen atoms in total. The molecular weight excluding hydrogens is 250 g/mol. The molecule has 0 spiro atoms. The highest BCUT2D eigenvalue weighted by Crippen LogP contribution is 2.39. The van der Waals surface area contributed by atoms with Crippen molar-refractivity contribution in [3.8, 4) is 0 Å². The number of hydrogen-bond acceptors (Lipinski definition) is 3. The maximum atomic E-state index is 11.1. The van der Waals surface area contributed by atoms with Crippen molar-refractivity contribution in [3.05, 3.63) is 35.9 Å². The van der Waals surface area contributed by atoms with Gasteiger partial charge in [0.1, 0.15) is 0 Å². The molecule has 20 heavy (non-hydrogen) atoms. The van der Waals surface area contributed by atoms with Crippen molar-refractivity contribution in [1.82, 2.24) is 4.90 Å². The lowest BCUT2D eigenvalue weighted by molar-refractivity contribution is -0.0928. The van der Waals surface area contributed by atoms with Gasteiger partial charge in [-0.1, -0.05) is 30.3 Å². The Morgan fingerprint density at radius 1 is 1.35 bits per heavy atom. The van der Waals surface area contributed by atoms with Gasteiger partial charge in [0.15, 0.2) is 0 Å². The van der Waals surface area contributed by atoms with E-state index in [1.54, 1.807) is 0 Å². The molecule has 1 aromatic carbocycles. The minimum Gasteiger partial charge on any atom is -0.388 e. The van der Waals surface area contributed by atoms with E-state index in [1.807, 2.05) is 6.07 Å². The van der Waals surface area contributed by atoms with Gasteiger partial charge in [0, 0.05) is 31.7 Å². The first-order valence-corrected chi connectivity index (χ1v) is 7.78. The van der Waals surface area contributed by atoms with E-state index in [1.165, 1.54) is 5.56 Å². The first kappa shape index (κ1) is 14.1. The van der Waals surface area contributed by atoms with Crippen molar-refractivity contribution in [2.45, 2.75) is 44.4 Å². The number of benzene rings is 1. The molecule has 1 N–H and O–H groups in total. The maximum absolute atomic E-state index is 11.1. The van der Waals surface area contributed by atoms with Crippen LogP contribution in [0.2, 0.25) is 0 Å². The van der Waals surface area contributed by atoms with E-state index >= 15 is 0 Å². The van der Waals surface area contributed by atoms with Crippen LogP contribution in [0.15, 0.2) is 30.3 Å². The topological polar surface area (TPSA) is 32.7 Å². The zero-order chi connectivity index (χ0) is 14.0. The van der Waals surface area contributed by atoms with Crippen LogP contribution < -0.4 is 0 Å². The van der Waals surface area contributed by atoms with Crippen molar-refractivity contribution in [3.63, 3.8) is 0 Å². The fourth-order valence-corrected chi connectivity index (χ4v) is 3.76. The van der Waals surface area contributed by atoms with E-state index in [2.05, 4.69) is 36.1 Å². The van der Waals surface area contributed by atoms with Gasteiger partial charge < -0.3 is 9.84 Å². The predicted molar refractivity (Wildman–Crippen MR) is 79.4 cm³/mol. The molecule has 2 aliphatic heterocycles. The van der Waals surface area contributed by atoms with Gasteiger partial charge in [-0.25, -0.2) is 0 Å². The number of likely N-dealkylation sites (tertiary alicyclic amines) is 1. The summed E-state index contributed by atoms with van der Waals surface area (Å²) < 4.78 is 5.58. The molecule has 3 atom stereocenters. The second-order valence-electron chi connectivity index (χ2n) is 6.29. The van der Waals surface area contributed by atoms with Crippen LogP contribution in [-0.2, 0) is 11.3 Å². The van der Waals surface area contributed by atoms with Crippen LogP contribution in [0.4, 0.5) is 0 Å². The summed E-state index contributed by atoms with van der Waals surface area (Å²) in [6.45, 7) is 5.65. The molecule has 2 aliphatic rings. The minimum atomic E-state index is -0.574. The van der Waals surface area contributed by atoms with E-state index < -0.39 is 5.60 Å². The standard InChI is InChI=1S/C17H25NO2/c1-14-17(19,16-8-5-11-20-13-16)9-10-18(14)12-15-6-3-2-4-7-15/h2-4,6-7,14,16,19H,5,8-13H2,1H3. The average Bonchev–Trinajstić information content (AvgIpc) is 2.79. The summed E-state index contributed by atoms with van der Waals surface area (Å²) in [5, 5.41) is 11.1. The maximum Gasteiger partial charge on any atom is 0.0861 e. The zero-order valence-corrected chi connectivity index (χ0v) is 12.3. The highest BCUT2D eigenvalue weighted by Gasteiger charge is 2.48. The Kier molecular flexibility index (Phi) is 4.11. The van der Waals surface area contributed by atoms with Gasteiger partial charge in [0.25, 0.3) is 0 Å². The molecule has 3 unspecified atom stereocenters. The van der Waals surface area contributed by atoms with Crippen LogP contribution in [0, 0.1) is 5.92 Å². The van der Waals surface area contributed by atoms with E-state index in [9.17, 15) is 5.11 Å². The number of ether oxygens (including phenoxy) is 1. The predicted octanol–water partition coefficient (Wildman–Crippen LogP) is 2.44. The molecule has 2 fully saturated rings. The number of hydrogen-bond donors (Lipinski definition) is 1. The van der Waals surface area contributed by atoms with Crippen LogP contribution >= 0.6 is 0 Å². The summed E-state index contributed by atoms with van der Waals surface area (Å²) in [5.41, 5.74) is 0.748. The van der Waals surface area contributed by atoms with Gasteiger partial charge in [-0.3, -0.25) is 4.90 Å². The smallest absolute Gasteiger partial charge is 0.0861 e. The molecule has 2 heterocycles. The molecule has 3 heteroatoms. The zero-order valence-electron chi connectivity index (χ0n) is 12.3. The molecule has 0 amide bonds. The lowest BCUT2D eigenvalue weighted by atomic mass is 9.78. The van der Waals surface area contributed by atoms with E-state index in [-0.39, 0.29) is 6.04 Å². The molecule has 0 bridgehead atoms. The van der Waals surface area contributed by atoms with Gasteiger partial charge in [0.2, 0.25) is 0 Å². The Bertz CT molecular complexity index is 430. The Morgan fingerprint density at radius 2 is 2.15 bits per heavy atom. The second kappa shape index (κ2) is 5.84. The number of aliphatic hydroxyl groups is 1. The van der Waals surface area contributed by atoms with Crippen molar-refractivity contribution in [2.24, 2.45) is 5.92 Å². The highest BCUT2D eigenvalue weighted by atomic mass is 16.5. The molecule has 1 aromatic rings. The summed E-state index contributed by atoms with van der Waals surface area (Å²) in [7, 11) is 0. The largest absolute Gasteiger partial charge is 0.388 e. The summed E-state index contributed by atoms with van der Waals surface area (Å²) in [4.78, 5) is 2.41. The molecule has 110 valence electrons. The van der Waals surface area contributed by atoms with Gasteiger partial charge in [-0.15, -0.1) is 0 Å². The monoisotopic (exact) mass is 275 g/mol. The molecule has 3 rings (SSSR count). The molecule has 0 radical (unpaired) electrons. The van der Waals surface area contributed by atoms with Gasteiger partial charge in [-0.2, -0.15) is 0 Å². The first-order chi connectivity index (χ1) is 9.70. The van der Waals surface area contributed by atoms with Crippen LogP contribution in [0.3, 0.4) is 0 Å². The average molecular weight is 275 g/mol. The summed E-state index contributed by atoms with van der Waals surface area (Å²) in [5.74, 6) is 0.298. The van der Waals surface area contributed by atoms with Gasteiger partial charge in [0.05, 0.1) is 12.2 Å². The fraction of sp³-hybridized carbons (Fsp3) is 0.647. The number of nitrogens with zero attached hydrogens (tertiary/aromatic N) is 1. The van der Waals surface area contributed by atoms with Crippen molar-refractivity contribution < 1.29 is 9.84 Å². The Labute approximate surface area is 121 Å². The third-order valence-corrected chi connectivity index (χ3v) is 5.17. The SMILES string of the molecule is CC1N(Cc2ccccc2)CCC1(O)C1CCCOC1. The lowest BCUT2D eigenvalue weighted by Gasteiger charge is -2.39. The minimum absolute atomic E-state index is 0.203. The summed E-state index contributed by atoms with van der Waals surface area (Å²) in [6.07, 6.45) is 3.05. The third kappa shape index (κ3) is 2.62. The van der Waals surface area contributed by atoms with E-state index in [0.717, 1.165) is 45.6 Å². The van der Waals surface area contributed by atoms with Crippen molar-refractivity contribution in [1.29, 1.82) is 0 Å². The first-order valence-electron chi connectivity index (χ1n) is 7.78. The van der Waals surface area contributed by atoms with Crippen LogP contribution in [-0.4, -0.2) is 41.4 Å². The Balaban J connectivity index is 1.68. The Hall–Kier alpha value is -0.900. The van der Waals surface area contributed by atoms with E-state index in [0.29, 0.717) is 5.92 Å². The van der Waals surface area contributed by atoms with Crippen molar-refractivity contribution in [2.75, 3.05) is 19.8 Å². The van der Waals surface area contributed by atoms with Crippen LogP contribution in [0.1, 0.15) is 31.7 Å². The highest BCUT2D eigenvalue weighted by molar-refractivity contribution is 5.15. The normalized spacial score (nSPS) is 35.3. The molecule has 0 saturated carbocycles. The molecular formula is C17H25NO2. The fourth-order valence-electron chi connectivity index (χ4n) is 3.76. The van der Waals surface area contributed by atoms with Gasteiger partial charge >= 0.3 is 0 Å². The summed E-state index contributed by atoms with van der Waals surface area (Å²) >= 11 is 0. The molecule has 0 aliphatic carbocycles. The van der Waals surface area contributed by atoms with Crippen LogP contribution in [0.25, 0.3) is 0 Å². The number of rotatable bonds is 3. The molecule has 0 aromatic heterocycles. The van der Waals surface area contributed by atoms with Crippen LogP contribution in [0.5, 0.6) is 0 Å². The lowest BCUT2D eigenvalue weighted by Crippen LogP contribution is -2.50. The third-order valence-electron chi connectivity index (χ3n) is 5.17.